The van der Waals surface area contributed by atoms with E-state index in [1.165, 1.54) is 16.7 Å². The number of aromatic nitrogens is 2. The van der Waals surface area contributed by atoms with E-state index in [1.54, 1.807) is 0 Å². The van der Waals surface area contributed by atoms with E-state index in [9.17, 15) is 4.39 Å². The summed E-state index contributed by atoms with van der Waals surface area (Å²) in [6.07, 6.45) is 1.29. The van der Waals surface area contributed by atoms with Gasteiger partial charge in [0.05, 0.1) is 10.7 Å². The molecule has 0 atom stereocenters. The van der Waals surface area contributed by atoms with Gasteiger partial charge in [0.15, 0.2) is 5.65 Å². The van der Waals surface area contributed by atoms with Gasteiger partial charge in [-0.15, -0.1) is 0 Å². The van der Waals surface area contributed by atoms with Crippen molar-refractivity contribution in [3.8, 4) is 0 Å². The highest BCUT2D eigenvalue weighted by molar-refractivity contribution is 6.33. The highest BCUT2D eigenvalue weighted by Gasteiger charge is 2.23. The van der Waals surface area contributed by atoms with Crippen LogP contribution in [-0.2, 0) is 5.41 Å². The van der Waals surface area contributed by atoms with Crippen LogP contribution >= 0.6 is 11.6 Å². The van der Waals surface area contributed by atoms with Gasteiger partial charge < -0.3 is 5.73 Å². The zero-order valence-electron chi connectivity index (χ0n) is 9.38. The standard InChI is InChI=1S/C11H13ClFN3/c1-11(2,3)8-9(14)16-5-6(13)4-7(12)10(16)15-8/h4-5H,14H2,1-3H3. The Hall–Kier alpha value is -1.29. The topological polar surface area (TPSA) is 43.3 Å². The number of hydrogen-bond donors (Lipinski definition) is 1. The summed E-state index contributed by atoms with van der Waals surface area (Å²) >= 11 is 5.92. The van der Waals surface area contributed by atoms with Gasteiger partial charge in [0.1, 0.15) is 11.6 Å². The van der Waals surface area contributed by atoms with E-state index in [0.717, 1.165) is 5.69 Å². The summed E-state index contributed by atoms with van der Waals surface area (Å²) in [7, 11) is 0. The Morgan fingerprint density at radius 3 is 2.62 bits per heavy atom. The first kappa shape index (κ1) is 11.2. The molecule has 3 nitrogen and oxygen atoms in total. The van der Waals surface area contributed by atoms with Crippen LogP contribution in [0.5, 0.6) is 0 Å². The largest absolute Gasteiger partial charge is 0.383 e. The van der Waals surface area contributed by atoms with Gasteiger partial charge in [-0.1, -0.05) is 32.4 Å². The van der Waals surface area contributed by atoms with Crippen molar-refractivity contribution in [2.45, 2.75) is 26.2 Å². The number of hydrogen-bond acceptors (Lipinski definition) is 2. The molecule has 0 amide bonds. The van der Waals surface area contributed by atoms with Crippen LogP contribution < -0.4 is 5.73 Å². The van der Waals surface area contributed by atoms with Gasteiger partial charge in [0.25, 0.3) is 0 Å². The summed E-state index contributed by atoms with van der Waals surface area (Å²) in [6.45, 7) is 5.99. The third kappa shape index (κ3) is 1.63. The fourth-order valence-electron chi connectivity index (χ4n) is 1.64. The molecular weight excluding hydrogens is 229 g/mol. The Kier molecular flexibility index (Phi) is 2.35. The molecule has 0 saturated heterocycles. The van der Waals surface area contributed by atoms with Gasteiger partial charge in [-0.25, -0.2) is 9.37 Å². The van der Waals surface area contributed by atoms with Crippen LogP contribution in [-0.4, -0.2) is 9.38 Å². The minimum Gasteiger partial charge on any atom is -0.383 e. The molecule has 2 N–H and O–H groups in total. The molecule has 0 aliphatic rings. The molecular formula is C11H13ClFN3. The number of halogens is 2. The summed E-state index contributed by atoms with van der Waals surface area (Å²) in [5, 5.41) is 0.266. The number of nitrogen functional groups attached to an aromatic ring is 1. The van der Waals surface area contributed by atoms with E-state index in [0.29, 0.717) is 11.5 Å². The smallest absolute Gasteiger partial charge is 0.157 e. The summed E-state index contributed by atoms with van der Waals surface area (Å²) in [4.78, 5) is 4.36. The predicted molar refractivity (Wildman–Crippen MR) is 63.3 cm³/mol. The summed E-state index contributed by atoms with van der Waals surface area (Å²) in [5.74, 6) is 0.00552. The van der Waals surface area contributed by atoms with E-state index < -0.39 is 5.82 Å². The van der Waals surface area contributed by atoms with Crippen LogP contribution in [0.2, 0.25) is 5.02 Å². The molecule has 0 aromatic carbocycles. The zero-order chi connectivity index (χ0) is 12.1. The number of imidazole rings is 1. The molecule has 0 unspecified atom stereocenters. The van der Waals surface area contributed by atoms with Crippen LogP contribution in [0.1, 0.15) is 26.5 Å². The molecule has 5 heteroatoms. The minimum atomic E-state index is -0.429. The van der Waals surface area contributed by atoms with E-state index in [2.05, 4.69) is 4.98 Å². The van der Waals surface area contributed by atoms with Crippen molar-refractivity contribution in [1.29, 1.82) is 0 Å². The van der Waals surface area contributed by atoms with Gasteiger partial charge in [0, 0.05) is 11.6 Å². The average molecular weight is 242 g/mol. The lowest BCUT2D eigenvalue weighted by molar-refractivity contribution is 0.575. The highest BCUT2D eigenvalue weighted by atomic mass is 35.5. The lowest BCUT2D eigenvalue weighted by Crippen LogP contribution is -2.14. The van der Waals surface area contributed by atoms with E-state index in [1.807, 2.05) is 20.8 Å². The monoisotopic (exact) mass is 241 g/mol. The molecule has 0 bridgehead atoms. The molecule has 0 radical (unpaired) electrons. The van der Waals surface area contributed by atoms with Crippen molar-refractivity contribution in [3.05, 3.63) is 28.8 Å². The second kappa shape index (κ2) is 3.35. The van der Waals surface area contributed by atoms with Gasteiger partial charge in [-0.05, 0) is 6.07 Å². The van der Waals surface area contributed by atoms with Crippen molar-refractivity contribution < 1.29 is 4.39 Å². The maximum Gasteiger partial charge on any atom is 0.157 e. The average Bonchev–Trinajstić information content (AvgIpc) is 2.43. The third-order valence-electron chi connectivity index (χ3n) is 2.39. The summed E-state index contributed by atoms with van der Waals surface area (Å²) < 4.78 is 14.7. The van der Waals surface area contributed by atoms with Crippen LogP contribution in [0.25, 0.3) is 5.65 Å². The Labute approximate surface area is 98.0 Å². The van der Waals surface area contributed by atoms with Gasteiger partial charge in [-0.3, -0.25) is 4.40 Å². The molecule has 0 fully saturated rings. The molecule has 2 aromatic rings. The number of rotatable bonds is 0. The van der Waals surface area contributed by atoms with Gasteiger partial charge in [0.2, 0.25) is 0 Å². The lowest BCUT2D eigenvalue weighted by Gasteiger charge is -2.15. The highest BCUT2D eigenvalue weighted by Crippen LogP contribution is 2.30. The van der Waals surface area contributed by atoms with Crippen LogP contribution in [0, 0.1) is 5.82 Å². The predicted octanol–water partition coefficient (Wildman–Crippen LogP) is 3.01. The lowest BCUT2D eigenvalue weighted by atomic mass is 9.92. The van der Waals surface area contributed by atoms with Crippen molar-refractivity contribution in [2.24, 2.45) is 0 Å². The molecule has 0 spiro atoms. The maximum absolute atomic E-state index is 13.2. The minimum absolute atomic E-state index is 0.199. The summed E-state index contributed by atoms with van der Waals surface area (Å²) in [6, 6.07) is 1.23. The SMILES string of the molecule is CC(C)(C)c1nc2c(Cl)cc(F)cn2c1N. The van der Waals surface area contributed by atoms with Crippen molar-refractivity contribution in [2.75, 3.05) is 5.73 Å². The summed E-state index contributed by atoms with van der Waals surface area (Å²) in [5.41, 5.74) is 6.95. The zero-order valence-corrected chi connectivity index (χ0v) is 10.1. The first-order valence-electron chi connectivity index (χ1n) is 4.94. The Bertz CT molecular complexity index is 554. The molecule has 16 heavy (non-hydrogen) atoms. The number of anilines is 1. The molecule has 86 valence electrons. The van der Waals surface area contributed by atoms with E-state index >= 15 is 0 Å². The van der Waals surface area contributed by atoms with Gasteiger partial charge in [-0.2, -0.15) is 0 Å². The second-order valence-electron chi connectivity index (χ2n) is 4.80. The van der Waals surface area contributed by atoms with E-state index in [4.69, 9.17) is 17.3 Å². The maximum atomic E-state index is 13.2. The van der Waals surface area contributed by atoms with Crippen LogP contribution in [0.4, 0.5) is 10.2 Å². The van der Waals surface area contributed by atoms with Crippen molar-refractivity contribution >= 4 is 23.1 Å². The van der Waals surface area contributed by atoms with E-state index in [-0.39, 0.29) is 10.4 Å². The normalized spacial score (nSPS) is 12.3. The molecule has 0 aliphatic heterocycles. The molecule has 2 heterocycles. The molecule has 0 saturated carbocycles. The third-order valence-corrected chi connectivity index (χ3v) is 2.67. The Balaban J connectivity index is 2.83. The Morgan fingerprint density at radius 1 is 1.44 bits per heavy atom. The van der Waals surface area contributed by atoms with Gasteiger partial charge >= 0.3 is 0 Å². The van der Waals surface area contributed by atoms with Crippen molar-refractivity contribution in [1.82, 2.24) is 9.38 Å². The Morgan fingerprint density at radius 2 is 2.06 bits per heavy atom. The van der Waals surface area contributed by atoms with Crippen LogP contribution in [0.3, 0.4) is 0 Å². The molecule has 0 aliphatic carbocycles. The van der Waals surface area contributed by atoms with Crippen molar-refractivity contribution in [3.63, 3.8) is 0 Å². The quantitative estimate of drug-likeness (QED) is 0.771. The number of nitrogens with zero attached hydrogens (tertiary/aromatic N) is 2. The first-order chi connectivity index (χ1) is 7.30. The number of pyridine rings is 1. The number of nitrogens with two attached hydrogens (primary N) is 1. The number of fused-ring (bicyclic) bond motifs is 1. The second-order valence-corrected chi connectivity index (χ2v) is 5.20. The fourth-order valence-corrected chi connectivity index (χ4v) is 1.88. The van der Waals surface area contributed by atoms with Crippen LogP contribution in [0.15, 0.2) is 12.3 Å². The first-order valence-corrected chi connectivity index (χ1v) is 5.31. The molecule has 2 aromatic heterocycles. The molecule has 2 rings (SSSR count). The fraction of sp³-hybridized carbons (Fsp3) is 0.364.